The Morgan fingerprint density at radius 3 is 2.11 bits per heavy atom. The summed E-state index contributed by atoms with van der Waals surface area (Å²) in [6, 6.07) is 0. The molecule has 0 spiro atoms. The second-order valence-corrected chi connectivity index (χ2v) is 2.60. The van der Waals surface area contributed by atoms with Crippen LogP contribution in [0.5, 0.6) is 0 Å². The van der Waals surface area contributed by atoms with Crippen molar-refractivity contribution in [1.29, 1.82) is 0 Å². The maximum atomic E-state index is 10.7. The van der Waals surface area contributed by atoms with Gasteiger partial charge in [0.2, 0.25) is 0 Å². The summed E-state index contributed by atoms with van der Waals surface area (Å²) < 4.78 is -0.333. The van der Waals surface area contributed by atoms with E-state index in [0.29, 0.717) is 13.1 Å². The van der Waals surface area contributed by atoms with E-state index < -0.39 is 0 Å². The number of hydrogen-bond acceptors (Lipinski definition) is 2. The highest BCUT2D eigenvalue weighted by Crippen LogP contribution is 2.15. The van der Waals surface area contributed by atoms with Crippen LogP contribution in [0.1, 0.15) is 19.8 Å². The first-order valence-corrected chi connectivity index (χ1v) is 3.26. The number of hydrogen-bond donors (Lipinski definition) is 1. The lowest BCUT2D eigenvalue weighted by Gasteiger charge is -2.18. The summed E-state index contributed by atoms with van der Waals surface area (Å²) in [7, 11) is 0. The molecule has 1 N–H and O–H groups in total. The third kappa shape index (κ3) is 1.11. The van der Waals surface area contributed by atoms with Gasteiger partial charge in [0.05, 0.1) is 6.92 Å². The lowest BCUT2D eigenvalue weighted by molar-refractivity contribution is -1.03. The highest BCUT2D eigenvalue weighted by molar-refractivity contribution is 5.64. The van der Waals surface area contributed by atoms with E-state index in [-0.39, 0.29) is 10.6 Å². The maximum absolute atomic E-state index is 10.7. The molecule has 0 bridgehead atoms. The second kappa shape index (κ2) is 2.08. The molecule has 1 fully saturated rings. The molecule has 0 atom stereocenters. The molecule has 0 aliphatic carbocycles. The predicted molar refractivity (Wildman–Crippen MR) is 31.7 cm³/mol. The molecular formula is C6H12NO2+. The maximum Gasteiger partial charge on any atom is 0.342 e. The van der Waals surface area contributed by atoms with Gasteiger partial charge in [-0.2, -0.15) is 0 Å². The molecule has 52 valence electrons. The summed E-state index contributed by atoms with van der Waals surface area (Å²) in [5, 5.41) is 9.36. The molecule has 3 nitrogen and oxygen atoms in total. The Labute approximate surface area is 54.4 Å². The van der Waals surface area contributed by atoms with Crippen LogP contribution in [0.25, 0.3) is 0 Å². The third-order valence-corrected chi connectivity index (χ3v) is 1.89. The molecule has 0 unspecified atom stereocenters. The first-order chi connectivity index (χ1) is 4.15. The van der Waals surface area contributed by atoms with E-state index in [9.17, 15) is 10.0 Å². The van der Waals surface area contributed by atoms with Crippen LogP contribution < -0.4 is 0 Å². The zero-order valence-corrected chi connectivity index (χ0v) is 5.63. The minimum atomic E-state index is -0.333. The van der Waals surface area contributed by atoms with E-state index in [4.69, 9.17) is 0 Å². The zero-order valence-electron chi connectivity index (χ0n) is 5.63. The molecule has 1 saturated heterocycles. The Balaban J connectivity index is 2.61. The van der Waals surface area contributed by atoms with Crippen molar-refractivity contribution in [2.75, 3.05) is 13.1 Å². The van der Waals surface area contributed by atoms with E-state index in [1.165, 1.54) is 6.92 Å². The van der Waals surface area contributed by atoms with Crippen molar-refractivity contribution in [3.05, 3.63) is 0 Å². The van der Waals surface area contributed by atoms with Gasteiger partial charge >= 0.3 is 5.91 Å². The molecule has 3 heteroatoms. The summed E-state index contributed by atoms with van der Waals surface area (Å²) in [4.78, 5) is 10.7. The standard InChI is InChI=1S/C6H12NO2/c1-6(8)7(9)4-2-3-5-7/h9H,2-5H2,1H3/q+1. The number of amides is 1. The van der Waals surface area contributed by atoms with Gasteiger partial charge in [0.25, 0.3) is 0 Å². The fourth-order valence-corrected chi connectivity index (χ4v) is 1.17. The van der Waals surface area contributed by atoms with Crippen LogP contribution in [0.15, 0.2) is 0 Å². The van der Waals surface area contributed by atoms with Gasteiger partial charge in [-0.15, -0.1) is 4.65 Å². The zero-order chi connectivity index (χ0) is 6.91. The third-order valence-electron chi connectivity index (χ3n) is 1.89. The molecular weight excluding hydrogens is 118 g/mol. The number of likely N-dealkylation sites (tertiary alicyclic amines) is 1. The first kappa shape index (κ1) is 6.71. The van der Waals surface area contributed by atoms with E-state index in [1.54, 1.807) is 0 Å². The molecule has 1 heterocycles. The average molecular weight is 130 g/mol. The smallest absolute Gasteiger partial charge is 0.228 e. The fourth-order valence-electron chi connectivity index (χ4n) is 1.17. The molecule has 1 aliphatic rings. The molecule has 9 heavy (non-hydrogen) atoms. The molecule has 1 rings (SSSR count). The molecule has 0 aromatic carbocycles. The Hall–Kier alpha value is -0.410. The molecule has 1 aliphatic heterocycles. The van der Waals surface area contributed by atoms with Gasteiger partial charge in [-0.05, 0) is 0 Å². The van der Waals surface area contributed by atoms with Crippen molar-refractivity contribution >= 4 is 5.91 Å². The molecule has 0 saturated carbocycles. The van der Waals surface area contributed by atoms with E-state index in [1.807, 2.05) is 0 Å². The number of carbonyl (C=O) groups is 1. The van der Waals surface area contributed by atoms with Crippen LogP contribution in [0.4, 0.5) is 0 Å². The fraction of sp³-hybridized carbons (Fsp3) is 0.833. The molecule has 0 aromatic heterocycles. The quantitative estimate of drug-likeness (QED) is 0.383. The van der Waals surface area contributed by atoms with Crippen LogP contribution in [-0.2, 0) is 4.79 Å². The SMILES string of the molecule is CC(=O)[N+]1(O)CCCC1. The Morgan fingerprint density at radius 2 is 1.89 bits per heavy atom. The number of rotatable bonds is 0. The molecule has 0 radical (unpaired) electrons. The summed E-state index contributed by atoms with van der Waals surface area (Å²) in [5.74, 6) is -0.132. The highest BCUT2D eigenvalue weighted by Gasteiger charge is 2.35. The van der Waals surface area contributed by atoms with Crippen LogP contribution in [0, 0.1) is 0 Å². The van der Waals surface area contributed by atoms with Crippen molar-refractivity contribution in [3.8, 4) is 0 Å². The predicted octanol–water partition coefficient (Wildman–Crippen LogP) is 0.533. The normalized spacial score (nSPS) is 24.2. The van der Waals surface area contributed by atoms with Gasteiger partial charge in [0, 0.05) is 12.8 Å². The van der Waals surface area contributed by atoms with Gasteiger partial charge in [-0.1, -0.05) is 0 Å². The number of hydroxylamine groups is 3. The Bertz CT molecular complexity index is 127. The minimum absolute atomic E-state index is 0.132. The van der Waals surface area contributed by atoms with Crippen molar-refractivity contribution in [1.82, 2.24) is 0 Å². The minimum Gasteiger partial charge on any atom is -0.228 e. The van der Waals surface area contributed by atoms with Crippen LogP contribution in [-0.4, -0.2) is 28.9 Å². The largest absolute Gasteiger partial charge is 0.342 e. The lowest BCUT2D eigenvalue weighted by Crippen LogP contribution is -2.45. The second-order valence-electron chi connectivity index (χ2n) is 2.60. The average Bonchev–Trinajstić information content (AvgIpc) is 2.16. The van der Waals surface area contributed by atoms with Crippen molar-refractivity contribution in [2.24, 2.45) is 0 Å². The number of carbonyl (C=O) groups excluding carboxylic acids is 1. The van der Waals surface area contributed by atoms with Gasteiger partial charge in [0.15, 0.2) is 0 Å². The lowest BCUT2D eigenvalue weighted by atomic mass is 10.4. The van der Waals surface area contributed by atoms with Gasteiger partial charge in [-0.25, -0.2) is 10.0 Å². The summed E-state index contributed by atoms with van der Waals surface area (Å²) in [6.45, 7) is 2.65. The van der Waals surface area contributed by atoms with Crippen LogP contribution in [0.3, 0.4) is 0 Å². The van der Waals surface area contributed by atoms with Gasteiger partial charge in [-0.3, -0.25) is 0 Å². The van der Waals surface area contributed by atoms with Crippen molar-refractivity contribution < 1.29 is 14.6 Å². The molecule has 0 aromatic rings. The highest BCUT2D eigenvalue weighted by atomic mass is 16.6. The topological polar surface area (TPSA) is 37.3 Å². The summed E-state index contributed by atoms with van der Waals surface area (Å²) >= 11 is 0. The van der Waals surface area contributed by atoms with Gasteiger partial charge in [0.1, 0.15) is 13.1 Å². The molecule has 1 amide bonds. The Kier molecular flexibility index (Phi) is 1.55. The van der Waals surface area contributed by atoms with Crippen LogP contribution >= 0.6 is 0 Å². The van der Waals surface area contributed by atoms with E-state index in [2.05, 4.69) is 0 Å². The number of nitrogens with zero attached hydrogens (tertiary/aromatic N) is 1. The van der Waals surface area contributed by atoms with Gasteiger partial charge < -0.3 is 0 Å². The Morgan fingerprint density at radius 1 is 1.44 bits per heavy atom. The van der Waals surface area contributed by atoms with E-state index in [0.717, 1.165) is 12.8 Å². The number of quaternary nitrogens is 1. The summed E-state index contributed by atoms with van der Waals surface area (Å²) in [6.07, 6.45) is 1.94. The summed E-state index contributed by atoms with van der Waals surface area (Å²) in [5.41, 5.74) is 0. The first-order valence-electron chi connectivity index (χ1n) is 3.26. The van der Waals surface area contributed by atoms with Crippen LogP contribution in [0.2, 0.25) is 0 Å². The monoisotopic (exact) mass is 130 g/mol. The van der Waals surface area contributed by atoms with E-state index >= 15 is 0 Å². The van der Waals surface area contributed by atoms with Crippen molar-refractivity contribution in [3.63, 3.8) is 0 Å². The van der Waals surface area contributed by atoms with Crippen molar-refractivity contribution in [2.45, 2.75) is 19.8 Å².